The number of unbranched alkanes of at least 4 members (excludes halogenated alkanes) is 3. The smallest absolute Gasteiger partial charge is 0.305 e. The Labute approximate surface area is 162 Å². The number of amides is 1. The number of aryl methyl sites for hydroxylation is 1. The van der Waals surface area contributed by atoms with Crippen LogP contribution < -0.4 is 5.32 Å². The molecule has 0 spiro atoms. The van der Waals surface area contributed by atoms with Crippen LogP contribution in [0.5, 0.6) is 0 Å². The molecule has 0 atom stereocenters. The summed E-state index contributed by atoms with van der Waals surface area (Å²) in [5, 5.41) is 2.94. The lowest BCUT2D eigenvalue weighted by molar-refractivity contribution is -0.140. The first kappa shape index (κ1) is 20.2. The Morgan fingerprint density at radius 2 is 1.81 bits per heavy atom. The Bertz CT molecular complexity index is 740. The predicted molar refractivity (Wildman–Crippen MR) is 104 cm³/mol. The number of carbonyl (C=O) groups excluding carboxylic acids is 2. The van der Waals surface area contributed by atoms with Crippen molar-refractivity contribution in [2.75, 3.05) is 13.7 Å². The largest absolute Gasteiger partial charge is 0.469 e. The van der Waals surface area contributed by atoms with E-state index in [9.17, 15) is 9.59 Å². The molecule has 6 heteroatoms. The van der Waals surface area contributed by atoms with Crippen molar-refractivity contribution in [3.63, 3.8) is 0 Å². The monoisotopic (exact) mass is 421 g/mol. The molecule has 0 saturated carbocycles. The van der Waals surface area contributed by atoms with E-state index in [2.05, 4.69) is 26.0 Å². The molecule has 0 aliphatic rings. The summed E-state index contributed by atoms with van der Waals surface area (Å²) in [5.74, 6) is 0.935. The Kier molecular flexibility index (Phi) is 7.91. The molecule has 140 valence electrons. The number of hydrogen-bond donors (Lipinski definition) is 1. The Balaban J connectivity index is 1.83. The quantitative estimate of drug-likeness (QED) is 0.463. The maximum atomic E-state index is 12.5. The number of esters is 1. The van der Waals surface area contributed by atoms with E-state index in [4.69, 9.17) is 4.42 Å². The molecule has 1 aromatic heterocycles. The van der Waals surface area contributed by atoms with Gasteiger partial charge in [-0.1, -0.05) is 43.2 Å². The molecule has 2 rings (SSSR count). The fourth-order valence-electron chi connectivity index (χ4n) is 2.69. The molecule has 0 bridgehead atoms. The molecule has 0 radical (unpaired) electrons. The van der Waals surface area contributed by atoms with E-state index in [0.29, 0.717) is 34.5 Å². The van der Waals surface area contributed by atoms with Gasteiger partial charge >= 0.3 is 5.97 Å². The van der Waals surface area contributed by atoms with Crippen LogP contribution in [0.1, 0.15) is 48.2 Å². The lowest BCUT2D eigenvalue weighted by Crippen LogP contribution is -2.25. The first-order valence-corrected chi connectivity index (χ1v) is 9.53. The van der Waals surface area contributed by atoms with Gasteiger partial charge in [0.25, 0.3) is 5.91 Å². The molecule has 0 aliphatic heterocycles. The van der Waals surface area contributed by atoms with Crippen molar-refractivity contribution in [2.24, 2.45) is 0 Å². The zero-order valence-corrected chi connectivity index (χ0v) is 16.7. The van der Waals surface area contributed by atoms with Gasteiger partial charge in [-0.3, -0.25) is 9.59 Å². The Morgan fingerprint density at radius 1 is 1.12 bits per heavy atom. The summed E-state index contributed by atoms with van der Waals surface area (Å²) in [6.45, 7) is 2.38. The number of ether oxygens (including phenoxy) is 1. The molecule has 26 heavy (non-hydrogen) atoms. The minimum Gasteiger partial charge on any atom is -0.469 e. The lowest BCUT2D eigenvalue weighted by Gasteiger charge is -2.05. The van der Waals surface area contributed by atoms with Crippen molar-refractivity contribution < 1.29 is 18.7 Å². The highest BCUT2D eigenvalue weighted by Gasteiger charge is 2.22. The van der Waals surface area contributed by atoms with Crippen molar-refractivity contribution in [1.82, 2.24) is 5.32 Å². The highest BCUT2D eigenvalue weighted by molar-refractivity contribution is 9.10. The van der Waals surface area contributed by atoms with Gasteiger partial charge in [-0.05, 0) is 35.7 Å². The molecule has 0 unspecified atom stereocenters. The molecular formula is C20H24BrNO4. The van der Waals surface area contributed by atoms with Gasteiger partial charge in [0.2, 0.25) is 0 Å². The van der Waals surface area contributed by atoms with Crippen LogP contribution in [-0.2, 0) is 9.53 Å². The van der Waals surface area contributed by atoms with Crippen LogP contribution >= 0.6 is 15.9 Å². The van der Waals surface area contributed by atoms with E-state index in [-0.39, 0.29) is 11.9 Å². The number of hydrogen-bond acceptors (Lipinski definition) is 4. The van der Waals surface area contributed by atoms with E-state index in [1.807, 2.05) is 30.3 Å². The van der Waals surface area contributed by atoms with Crippen molar-refractivity contribution in [3.8, 4) is 11.3 Å². The average Bonchev–Trinajstić information content (AvgIpc) is 2.95. The number of furan rings is 1. The number of benzene rings is 1. The summed E-state index contributed by atoms with van der Waals surface area (Å²) < 4.78 is 11.1. The second-order valence-corrected chi connectivity index (χ2v) is 6.83. The molecule has 1 heterocycles. The molecular weight excluding hydrogens is 398 g/mol. The third kappa shape index (κ3) is 5.46. The normalized spacial score (nSPS) is 10.6. The van der Waals surface area contributed by atoms with E-state index < -0.39 is 0 Å². The zero-order chi connectivity index (χ0) is 18.9. The van der Waals surface area contributed by atoms with Crippen LogP contribution in [0.4, 0.5) is 0 Å². The van der Waals surface area contributed by atoms with Crippen LogP contribution in [-0.4, -0.2) is 25.5 Å². The number of methoxy groups -OCH3 is 1. The summed E-state index contributed by atoms with van der Waals surface area (Å²) in [5.41, 5.74) is 1.46. The SMILES string of the molecule is COC(=O)CCCCCCNC(=O)c1c(C)oc(-c2ccccc2)c1Br. The Morgan fingerprint density at radius 3 is 2.50 bits per heavy atom. The van der Waals surface area contributed by atoms with E-state index in [0.717, 1.165) is 31.2 Å². The molecule has 1 aromatic carbocycles. The van der Waals surface area contributed by atoms with Crippen molar-refractivity contribution in [2.45, 2.75) is 39.0 Å². The van der Waals surface area contributed by atoms with Crippen LogP contribution in [0.15, 0.2) is 39.2 Å². The standard InChI is InChI=1S/C20H24BrNO4/c1-14-17(18(21)19(26-14)15-10-6-5-7-11-15)20(24)22-13-9-4-3-8-12-16(23)25-2/h5-7,10-11H,3-4,8-9,12-13H2,1-2H3,(H,22,24). The highest BCUT2D eigenvalue weighted by Crippen LogP contribution is 2.35. The van der Waals surface area contributed by atoms with Crippen molar-refractivity contribution in [1.29, 1.82) is 0 Å². The van der Waals surface area contributed by atoms with Crippen LogP contribution in [0.3, 0.4) is 0 Å². The maximum Gasteiger partial charge on any atom is 0.305 e. The minimum atomic E-state index is -0.173. The molecule has 5 nitrogen and oxygen atoms in total. The van der Waals surface area contributed by atoms with Gasteiger partial charge in [0.1, 0.15) is 11.5 Å². The van der Waals surface area contributed by atoms with E-state index in [1.54, 1.807) is 6.92 Å². The van der Waals surface area contributed by atoms with Crippen LogP contribution in [0.2, 0.25) is 0 Å². The van der Waals surface area contributed by atoms with Gasteiger partial charge in [-0.25, -0.2) is 0 Å². The second-order valence-electron chi connectivity index (χ2n) is 6.04. The van der Waals surface area contributed by atoms with Gasteiger partial charge in [0, 0.05) is 18.5 Å². The summed E-state index contributed by atoms with van der Waals surface area (Å²) >= 11 is 3.50. The number of carbonyl (C=O) groups is 2. The fourth-order valence-corrected chi connectivity index (χ4v) is 3.46. The zero-order valence-electron chi connectivity index (χ0n) is 15.1. The van der Waals surface area contributed by atoms with E-state index >= 15 is 0 Å². The fraction of sp³-hybridized carbons (Fsp3) is 0.400. The van der Waals surface area contributed by atoms with Gasteiger partial charge in [-0.15, -0.1) is 0 Å². The third-order valence-electron chi connectivity index (χ3n) is 4.11. The predicted octanol–water partition coefficient (Wildman–Crippen LogP) is 4.87. The molecule has 2 aromatic rings. The van der Waals surface area contributed by atoms with Crippen molar-refractivity contribution in [3.05, 3.63) is 46.1 Å². The number of rotatable bonds is 9. The van der Waals surface area contributed by atoms with E-state index in [1.165, 1.54) is 7.11 Å². The van der Waals surface area contributed by atoms with Gasteiger partial charge < -0.3 is 14.5 Å². The molecule has 0 aliphatic carbocycles. The first-order valence-electron chi connectivity index (χ1n) is 8.74. The number of nitrogens with one attached hydrogen (secondary N) is 1. The molecule has 1 N–H and O–H groups in total. The van der Waals surface area contributed by atoms with Gasteiger partial charge in [0.05, 0.1) is 17.1 Å². The topological polar surface area (TPSA) is 68.5 Å². The molecule has 1 amide bonds. The second kappa shape index (κ2) is 10.2. The Hall–Kier alpha value is -2.08. The maximum absolute atomic E-state index is 12.5. The summed E-state index contributed by atoms with van der Waals surface area (Å²) in [6, 6.07) is 9.68. The first-order chi connectivity index (χ1) is 12.5. The van der Waals surface area contributed by atoms with Crippen molar-refractivity contribution >= 4 is 27.8 Å². The summed E-state index contributed by atoms with van der Waals surface area (Å²) in [6.07, 6.45) is 4.03. The summed E-state index contributed by atoms with van der Waals surface area (Å²) in [7, 11) is 1.40. The molecule has 0 saturated heterocycles. The third-order valence-corrected chi connectivity index (χ3v) is 4.87. The van der Waals surface area contributed by atoms with Crippen LogP contribution in [0, 0.1) is 6.92 Å². The highest BCUT2D eigenvalue weighted by atomic mass is 79.9. The number of halogens is 1. The van der Waals surface area contributed by atoms with Gasteiger partial charge in [0.15, 0.2) is 0 Å². The lowest BCUT2D eigenvalue weighted by atomic mass is 10.1. The minimum absolute atomic E-state index is 0.144. The molecule has 0 fully saturated rings. The van der Waals surface area contributed by atoms with Gasteiger partial charge in [-0.2, -0.15) is 0 Å². The summed E-state index contributed by atoms with van der Waals surface area (Å²) in [4.78, 5) is 23.5. The van der Waals surface area contributed by atoms with Crippen LogP contribution in [0.25, 0.3) is 11.3 Å². The average molecular weight is 422 g/mol.